The average Bonchev–Trinajstić information content (AvgIpc) is 3.20. The molecule has 134 valence electrons. The minimum absolute atomic E-state index is 0.0191. The lowest BCUT2D eigenvalue weighted by atomic mass is 9.82. The highest BCUT2D eigenvalue weighted by Crippen LogP contribution is 2.39. The Morgan fingerprint density at radius 2 is 2.20 bits per heavy atom. The van der Waals surface area contributed by atoms with Crippen molar-refractivity contribution in [2.75, 3.05) is 13.2 Å². The fourth-order valence-corrected chi connectivity index (χ4v) is 4.08. The molecule has 2 aromatic rings. The molecule has 1 amide bonds. The molecule has 25 heavy (non-hydrogen) atoms. The zero-order chi connectivity index (χ0) is 17.3. The van der Waals surface area contributed by atoms with Gasteiger partial charge in [-0.15, -0.1) is 0 Å². The SMILES string of the molecule is O=C(N[C@H]1COC2(CCCCC2)C1)c1cnn2cc(CCO)cnc12. The van der Waals surface area contributed by atoms with E-state index in [1.54, 1.807) is 23.1 Å². The van der Waals surface area contributed by atoms with Gasteiger partial charge in [-0.25, -0.2) is 9.50 Å². The van der Waals surface area contributed by atoms with Crippen LogP contribution in [0.15, 0.2) is 18.6 Å². The van der Waals surface area contributed by atoms with Crippen molar-refractivity contribution in [3.05, 3.63) is 29.7 Å². The van der Waals surface area contributed by atoms with E-state index in [-0.39, 0.29) is 24.2 Å². The van der Waals surface area contributed by atoms with Crippen molar-refractivity contribution in [3.8, 4) is 0 Å². The molecular formula is C18H24N4O3. The Morgan fingerprint density at radius 1 is 1.36 bits per heavy atom. The zero-order valence-corrected chi connectivity index (χ0v) is 14.3. The molecule has 1 aliphatic heterocycles. The first-order valence-corrected chi connectivity index (χ1v) is 9.07. The zero-order valence-electron chi connectivity index (χ0n) is 14.3. The minimum Gasteiger partial charge on any atom is -0.396 e. The van der Waals surface area contributed by atoms with Gasteiger partial charge in [0.2, 0.25) is 0 Å². The molecule has 1 atom stereocenters. The van der Waals surface area contributed by atoms with Crippen molar-refractivity contribution in [1.82, 2.24) is 19.9 Å². The molecule has 0 unspecified atom stereocenters. The Kier molecular flexibility index (Phi) is 4.43. The van der Waals surface area contributed by atoms with Gasteiger partial charge in [0.05, 0.1) is 24.4 Å². The topological polar surface area (TPSA) is 88.8 Å². The maximum absolute atomic E-state index is 12.7. The maximum Gasteiger partial charge on any atom is 0.257 e. The molecule has 2 fully saturated rings. The number of aromatic nitrogens is 3. The number of ether oxygens (including phenoxy) is 1. The van der Waals surface area contributed by atoms with Crippen molar-refractivity contribution < 1.29 is 14.6 Å². The third-order valence-electron chi connectivity index (χ3n) is 5.36. The summed E-state index contributed by atoms with van der Waals surface area (Å²) in [5.41, 5.74) is 1.87. The summed E-state index contributed by atoms with van der Waals surface area (Å²) in [6.07, 6.45) is 12.4. The number of nitrogens with zero attached hydrogens (tertiary/aromatic N) is 3. The Bertz CT molecular complexity index is 767. The van der Waals surface area contributed by atoms with Crippen LogP contribution in [0.1, 0.15) is 54.4 Å². The van der Waals surface area contributed by atoms with E-state index >= 15 is 0 Å². The predicted molar refractivity (Wildman–Crippen MR) is 91.4 cm³/mol. The van der Waals surface area contributed by atoms with Gasteiger partial charge in [0.1, 0.15) is 5.56 Å². The summed E-state index contributed by atoms with van der Waals surface area (Å²) in [6, 6.07) is 0.0502. The van der Waals surface area contributed by atoms with Crippen molar-refractivity contribution in [2.45, 2.75) is 56.6 Å². The number of hydrogen-bond donors (Lipinski definition) is 2. The van der Waals surface area contributed by atoms with Crippen LogP contribution in [0.2, 0.25) is 0 Å². The fourth-order valence-electron chi connectivity index (χ4n) is 4.08. The number of nitrogens with one attached hydrogen (secondary N) is 1. The lowest BCUT2D eigenvalue weighted by Gasteiger charge is -2.32. The summed E-state index contributed by atoms with van der Waals surface area (Å²) in [4.78, 5) is 17.0. The molecule has 0 aromatic carbocycles. The summed E-state index contributed by atoms with van der Waals surface area (Å²) >= 11 is 0. The van der Waals surface area contributed by atoms with Crippen LogP contribution in [0.3, 0.4) is 0 Å². The van der Waals surface area contributed by atoms with E-state index < -0.39 is 0 Å². The molecule has 0 bridgehead atoms. The van der Waals surface area contributed by atoms with Gasteiger partial charge < -0.3 is 15.2 Å². The van der Waals surface area contributed by atoms with E-state index in [2.05, 4.69) is 15.4 Å². The van der Waals surface area contributed by atoms with E-state index in [9.17, 15) is 4.79 Å². The Labute approximate surface area is 146 Å². The highest BCUT2D eigenvalue weighted by Gasteiger charge is 2.41. The molecule has 3 heterocycles. The summed E-state index contributed by atoms with van der Waals surface area (Å²) < 4.78 is 7.66. The molecule has 0 radical (unpaired) electrons. The largest absolute Gasteiger partial charge is 0.396 e. The van der Waals surface area contributed by atoms with Crippen LogP contribution in [0.25, 0.3) is 5.65 Å². The van der Waals surface area contributed by atoms with Crippen LogP contribution in [-0.4, -0.2) is 50.5 Å². The van der Waals surface area contributed by atoms with Gasteiger partial charge in [-0.05, 0) is 31.2 Å². The van der Waals surface area contributed by atoms with E-state index in [1.165, 1.54) is 19.3 Å². The van der Waals surface area contributed by atoms with Gasteiger partial charge in [-0.3, -0.25) is 4.79 Å². The lowest BCUT2D eigenvalue weighted by molar-refractivity contribution is -0.0246. The molecular weight excluding hydrogens is 320 g/mol. The Balaban J connectivity index is 1.45. The maximum atomic E-state index is 12.7. The average molecular weight is 344 g/mol. The number of hydrogen-bond acceptors (Lipinski definition) is 5. The molecule has 1 spiro atoms. The second-order valence-electron chi connectivity index (χ2n) is 7.19. The molecule has 4 rings (SSSR count). The summed E-state index contributed by atoms with van der Waals surface area (Å²) in [6.45, 7) is 0.643. The van der Waals surface area contributed by atoms with Crippen molar-refractivity contribution in [1.29, 1.82) is 0 Å². The van der Waals surface area contributed by atoms with Crippen LogP contribution in [0, 0.1) is 0 Å². The summed E-state index contributed by atoms with van der Waals surface area (Å²) in [5.74, 6) is -0.154. The lowest BCUT2D eigenvalue weighted by Crippen LogP contribution is -2.37. The van der Waals surface area contributed by atoms with Crippen molar-refractivity contribution in [3.63, 3.8) is 0 Å². The molecule has 1 aliphatic carbocycles. The van der Waals surface area contributed by atoms with Crippen molar-refractivity contribution in [2.24, 2.45) is 0 Å². The Morgan fingerprint density at radius 3 is 3.00 bits per heavy atom. The molecule has 7 nitrogen and oxygen atoms in total. The number of amides is 1. The first-order chi connectivity index (χ1) is 12.2. The van der Waals surface area contributed by atoms with Gasteiger partial charge in [0.15, 0.2) is 5.65 Å². The second-order valence-corrected chi connectivity index (χ2v) is 7.19. The van der Waals surface area contributed by atoms with Crippen LogP contribution < -0.4 is 5.32 Å². The third-order valence-corrected chi connectivity index (χ3v) is 5.36. The van der Waals surface area contributed by atoms with Crippen LogP contribution in [-0.2, 0) is 11.2 Å². The number of rotatable bonds is 4. The first-order valence-electron chi connectivity index (χ1n) is 9.07. The molecule has 7 heteroatoms. The fraction of sp³-hybridized carbons (Fsp3) is 0.611. The van der Waals surface area contributed by atoms with Crippen LogP contribution >= 0.6 is 0 Å². The second kappa shape index (κ2) is 6.72. The molecule has 1 saturated heterocycles. The van der Waals surface area contributed by atoms with Gasteiger partial charge in [-0.1, -0.05) is 19.3 Å². The van der Waals surface area contributed by atoms with E-state index in [0.29, 0.717) is 24.2 Å². The summed E-state index contributed by atoms with van der Waals surface area (Å²) in [7, 11) is 0. The van der Waals surface area contributed by atoms with E-state index in [1.807, 2.05) is 0 Å². The molecule has 2 aliphatic rings. The summed E-state index contributed by atoms with van der Waals surface area (Å²) in [5, 5.41) is 16.3. The van der Waals surface area contributed by atoms with E-state index in [0.717, 1.165) is 24.8 Å². The monoisotopic (exact) mass is 344 g/mol. The predicted octanol–water partition coefficient (Wildman–Crippen LogP) is 1.49. The number of fused-ring (bicyclic) bond motifs is 1. The number of carbonyl (C=O) groups is 1. The van der Waals surface area contributed by atoms with Crippen LogP contribution in [0.4, 0.5) is 0 Å². The number of aliphatic hydroxyl groups excluding tert-OH is 1. The highest BCUT2D eigenvalue weighted by atomic mass is 16.5. The Hall–Kier alpha value is -1.99. The van der Waals surface area contributed by atoms with Gasteiger partial charge in [-0.2, -0.15) is 5.10 Å². The number of aliphatic hydroxyl groups is 1. The molecule has 1 saturated carbocycles. The normalized spacial score (nSPS) is 22.5. The quantitative estimate of drug-likeness (QED) is 0.877. The molecule has 2 N–H and O–H groups in total. The van der Waals surface area contributed by atoms with Crippen LogP contribution in [0.5, 0.6) is 0 Å². The van der Waals surface area contributed by atoms with E-state index in [4.69, 9.17) is 9.84 Å². The van der Waals surface area contributed by atoms with Gasteiger partial charge >= 0.3 is 0 Å². The van der Waals surface area contributed by atoms with Gasteiger partial charge in [0, 0.05) is 19.0 Å². The third kappa shape index (κ3) is 3.26. The first kappa shape index (κ1) is 16.5. The molecule has 2 aromatic heterocycles. The van der Waals surface area contributed by atoms with Gasteiger partial charge in [0.25, 0.3) is 5.91 Å². The standard InChI is InChI=1S/C18H24N4O3/c23-7-4-13-9-19-16-15(10-20-22(16)11-13)17(24)21-14-8-18(25-12-14)5-2-1-3-6-18/h9-11,14,23H,1-8,12H2,(H,21,24)/t14-/m1/s1. The smallest absolute Gasteiger partial charge is 0.257 e. The highest BCUT2D eigenvalue weighted by molar-refractivity contribution is 5.99. The van der Waals surface area contributed by atoms with Crippen molar-refractivity contribution >= 4 is 11.6 Å². The number of carbonyl (C=O) groups excluding carboxylic acids is 1. The minimum atomic E-state index is -0.154.